The summed E-state index contributed by atoms with van der Waals surface area (Å²) in [5.74, 6) is 0. The van der Waals surface area contributed by atoms with Crippen molar-refractivity contribution in [2.45, 2.75) is 27.7 Å². The van der Waals surface area contributed by atoms with Gasteiger partial charge in [-0.1, -0.05) is 13.8 Å². The molecule has 0 fully saturated rings. The van der Waals surface area contributed by atoms with E-state index in [-0.39, 0.29) is 0 Å². The maximum atomic E-state index is 9.92. The van der Waals surface area contributed by atoms with Gasteiger partial charge in [-0.3, -0.25) is 9.79 Å². The van der Waals surface area contributed by atoms with Crippen molar-refractivity contribution in [1.82, 2.24) is 0 Å². The van der Waals surface area contributed by atoms with E-state index in [1.165, 1.54) is 13.2 Å². The summed E-state index contributed by atoms with van der Waals surface area (Å²) in [6.07, 6.45) is 2.13. The average molecular weight is 187 g/mol. The second-order valence-electron chi connectivity index (χ2n) is 1.76. The molecule has 0 amide bonds. The van der Waals surface area contributed by atoms with Crippen molar-refractivity contribution in [3.8, 4) is 0 Å². The van der Waals surface area contributed by atoms with E-state index >= 15 is 0 Å². The number of hydrogen-bond donors (Lipinski definition) is 2. The summed E-state index contributed by atoms with van der Waals surface area (Å²) >= 11 is 0. The molecule has 0 aliphatic carbocycles. The number of hydrogen-bond acceptors (Lipinski definition) is 4. The lowest BCUT2D eigenvalue weighted by Gasteiger charge is -1.84. The lowest BCUT2D eigenvalue weighted by atomic mass is 10.5. The number of nitrogens with zero attached hydrogens (tertiary/aromatic N) is 1. The highest BCUT2D eigenvalue weighted by Gasteiger charge is 1.80. The first-order chi connectivity index (χ1) is 6.16. The fourth-order valence-electron chi connectivity index (χ4n) is 0.234. The van der Waals surface area contributed by atoms with Crippen LogP contribution < -0.4 is 11.5 Å². The molecular formula is C9H21N3O. The van der Waals surface area contributed by atoms with Crippen molar-refractivity contribution >= 4 is 12.0 Å². The number of aldehydes is 1. The third kappa shape index (κ3) is 24.8. The Morgan fingerprint density at radius 2 is 1.62 bits per heavy atom. The quantitative estimate of drug-likeness (QED) is 0.501. The second kappa shape index (κ2) is 17.1. The molecule has 13 heavy (non-hydrogen) atoms. The van der Waals surface area contributed by atoms with Crippen molar-refractivity contribution in [2.75, 3.05) is 7.05 Å². The van der Waals surface area contributed by atoms with Crippen LogP contribution in [0, 0.1) is 0 Å². The fourth-order valence-corrected chi connectivity index (χ4v) is 0.234. The van der Waals surface area contributed by atoms with E-state index in [1.807, 2.05) is 13.8 Å². The van der Waals surface area contributed by atoms with Gasteiger partial charge >= 0.3 is 0 Å². The number of allylic oxidation sites excluding steroid dienone is 1. The van der Waals surface area contributed by atoms with E-state index in [0.717, 1.165) is 0 Å². The lowest BCUT2D eigenvalue weighted by molar-refractivity contribution is -0.102. The van der Waals surface area contributed by atoms with Gasteiger partial charge in [0.2, 0.25) is 0 Å². The molecule has 0 radical (unpaired) electrons. The van der Waals surface area contributed by atoms with Gasteiger partial charge in [0, 0.05) is 11.9 Å². The topological polar surface area (TPSA) is 81.5 Å². The van der Waals surface area contributed by atoms with Gasteiger partial charge in [0.1, 0.15) is 0 Å². The van der Waals surface area contributed by atoms with Gasteiger partial charge in [-0.15, -0.1) is 0 Å². The molecule has 4 N–H and O–H groups in total. The summed E-state index contributed by atoms with van der Waals surface area (Å²) in [7, 11) is 1.50. The number of rotatable bonds is 2. The molecule has 0 atom stereocenters. The molecule has 0 aromatic heterocycles. The Bertz CT molecular complexity index is 158. The molecule has 0 spiro atoms. The fraction of sp³-hybridized carbons (Fsp3) is 0.556. The lowest BCUT2D eigenvalue weighted by Crippen LogP contribution is -1.92. The molecule has 0 rings (SSSR count). The van der Waals surface area contributed by atoms with Crippen molar-refractivity contribution in [2.24, 2.45) is 16.5 Å². The van der Waals surface area contributed by atoms with E-state index < -0.39 is 0 Å². The van der Waals surface area contributed by atoms with Crippen LogP contribution in [0.2, 0.25) is 0 Å². The highest BCUT2D eigenvalue weighted by Crippen LogP contribution is 1.81. The Hall–Kier alpha value is -1.16. The zero-order chi connectivity index (χ0) is 11.3. The predicted octanol–water partition coefficient (Wildman–Crippen LogP) is 1.07. The molecule has 4 nitrogen and oxygen atoms in total. The summed E-state index contributed by atoms with van der Waals surface area (Å²) in [4.78, 5) is 13.6. The normalized spacial score (nSPS) is 10.3. The number of nitrogens with two attached hydrogens (primary N) is 2. The van der Waals surface area contributed by atoms with Crippen LogP contribution in [0.15, 0.2) is 16.9 Å². The number of aliphatic imine (C=N–C) groups is 1. The van der Waals surface area contributed by atoms with Crippen LogP contribution in [-0.4, -0.2) is 19.0 Å². The Morgan fingerprint density at radius 3 is 1.85 bits per heavy atom. The van der Waals surface area contributed by atoms with E-state index in [9.17, 15) is 4.79 Å². The smallest absolute Gasteiger partial charge is 0.163 e. The molecule has 4 heteroatoms. The minimum absolute atomic E-state index is 0.430. The molecule has 78 valence electrons. The third-order valence-electron chi connectivity index (χ3n) is 0.642. The molecule has 0 aromatic carbocycles. The molecule has 0 saturated carbocycles. The van der Waals surface area contributed by atoms with Crippen molar-refractivity contribution < 1.29 is 4.79 Å². The van der Waals surface area contributed by atoms with Crippen LogP contribution >= 0.6 is 0 Å². The van der Waals surface area contributed by atoms with Crippen molar-refractivity contribution in [3.63, 3.8) is 0 Å². The van der Waals surface area contributed by atoms with Crippen LogP contribution in [0.4, 0.5) is 0 Å². The number of carbonyl (C=O) groups is 1. The molecule has 0 aliphatic rings. The van der Waals surface area contributed by atoms with Crippen molar-refractivity contribution in [3.05, 3.63) is 11.9 Å². The zero-order valence-corrected chi connectivity index (χ0v) is 9.16. The van der Waals surface area contributed by atoms with Crippen molar-refractivity contribution in [1.29, 1.82) is 0 Å². The first kappa shape index (κ1) is 17.8. The Labute approximate surface area is 80.7 Å². The van der Waals surface area contributed by atoms with Gasteiger partial charge < -0.3 is 11.5 Å². The highest BCUT2D eigenvalue weighted by atomic mass is 16.1. The average Bonchev–Trinajstić information content (AvgIpc) is 2.20. The van der Waals surface area contributed by atoms with Crippen LogP contribution in [0.3, 0.4) is 0 Å². The second-order valence-corrected chi connectivity index (χ2v) is 1.76. The van der Waals surface area contributed by atoms with Gasteiger partial charge in [-0.05, 0) is 20.9 Å². The summed E-state index contributed by atoms with van der Waals surface area (Å²) in [6, 6.07) is 0. The largest absolute Gasteiger partial charge is 0.401 e. The van der Waals surface area contributed by atoms with Gasteiger partial charge in [-0.25, -0.2) is 0 Å². The summed E-state index contributed by atoms with van der Waals surface area (Å²) < 4.78 is 0. The van der Waals surface area contributed by atoms with Crippen LogP contribution in [-0.2, 0) is 4.79 Å². The molecule has 0 bridgehead atoms. The maximum Gasteiger partial charge on any atom is 0.163 e. The zero-order valence-electron chi connectivity index (χ0n) is 9.16. The van der Waals surface area contributed by atoms with E-state index in [2.05, 4.69) is 10.7 Å². The van der Waals surface area contributed by atoms with E-state index in [1.54, 1.807) is 13.8 Å². The summed E-state index contributed by atoms with van der Waals surface area (Å²) in [5, 5.41) is 0. The minimum atomic E-state index is 0.430. The Balaban J connectivity index is -0.000000218. The standard InChI is InChI=1S/C6H10N2O.C2H6.CH5N/c1-5(7)3-8-6(2)4-9;2*1-2/h3-4H,7H2,1-2H3;1-2H3;2H2,1H3/b5-3-,8-6?;;. The molecule has 0 aromatic rings. The third-order valence-corrected chi connectivity index (χ3v) is 0.642. The maximum absolute atomic E-state index is 9.92. The molecule has 0 saturated heterocycles. The molecule has 0 aliphatic heterocycles. The highest BCUT2D eigenvalue weighted by molar-refractivity contribution is 6.27. The SMILES string of the molecule is CC.CC(C=O)=N/C=C(/C)N.CN. The van der Waals surface area contributed by atoms with Gasteiger partial charge in [0.05, 0.1) is 5.71 Å². The van der Waals surface area contributed by atoms with Crippen LogP contribution in [0.5, 0.6) is 0 Å². The van der Waals surface area contributed by atoms with Crippen LogP contribution in [0.25, 0.3) is 0 Å². The molecular weight excluding hydrogens is 166 g/mol. The van der Waals surface area contributed by atoms with Crippen LogP contribution in [0.1, 0.15) is 27.7 Å². The summed E-state index contributed by atoms with van der Waals surface area (Å²) in [6.45, 7) is 7.33. The minimum Gasteiger partial charge on any atom is -0.401 e. The van der Waals surface area contributed by atoms with Gasteiger partial charge in [-0.2, -0.15) is 0 Å². The van der Waals surface area contributed by atoms with E-state index in [4.69, 9.17) is 5.73 Å². The van der Waals surface area contributed by atoms with E-state index in [0.29, 0.717) is 17.7 Å². The monoisotopic (exact) mass is 187 g/mol. The summed E-state index contributed by atoms with van der Waals surface area (Å²) in [5.41, 5.74) is 10.8. The first-order valence-corrected chi connectivity index (χ1v) is 4.16. The Morgan fingerprint density at radius 1 is 1.23 bits per heavy atom. The Kier molecular flexibility index (Phi) is 23.4. The van der Waals surface area contributed by atoms with Gasteiger partial charge in [0.15, 0.2) is 6.29 Å². The number of carbonyl (C=O) groups excluding carboxylic acids is 1. The molecule has 0 unspecified atom stereocenters. The predicted molar refractivity (Wildman–Crippen MR) is 58.6 cm³/mol. The first-order valence-electron chi connectivity index (χ1n) is 4.16. The van der Waals surface area contributed by atoms with Gasteiger partial charge in [0.25, 0.3) is 0 Å². The molecule has 0 heterocycles.